The Morgan fingerprint density at radius 1 is 1.28 bits per heavy atom. The van der Waals surface area contributed by atoms with Crippen LogP contribution in [-0.4, -0.2) is 59.2 Å². The quantitative estimate of drug-likeness (QED) is 0.504. The number of hydrogen-bond acceptors (Lipinski definition) is 9. The fourth-order valence-corrected chi connectivity index (χ4v) is 5.23. The number of piperidine rings is 1. The van der Waals surface area contributed by atoms with Crippen molar-refractivity contribution in [3.63, 3.8) is 0 Å². The summed E-state index contributed by atoms with van der Waals surface area (Å²) >= 11 is 4.25. The van der Waals surface area contributed by atoms with E-state index in [9.17, 15) is 4.39 Å². The van der Waals surface area contributed by atoms with Gasteiger partial charge in [0.2, 0.25) is 11.1 Å². The molecule has 32 heavy (non-hydrogen) atoms. The van der Waals surface area contributed by atoms with Crippen molar-refractivity contribution in [2.45, 2.75) is 62.3 Å². The van der Waals surface area contributed by atoms with Crippen molar-refractivity contribution in [3.8, 4) is 5.69 Å². The summed E-state index contributed by atoms with van der Waals surface area (Å²) in [5, 5.41) is 18.2. The number of thiol groups is 1. The van der Waals surface area contributed by atoms with Gasteiger partial charge in [-0.1, -0.05) is 6.07 Å². The highest BCUT2D eigenvalue weighted by molar-refractivity contribution is 7.80. The minimum atomic E-state index is -0.454. The van der Waals surface area contributed by atoms with E-state index < -0.39 is 5.82 Å². The lowest BCUT2D eigenvalue weighted by molar-refractivity contribution is 0.0500. The molecule has 9 nitrogen and oxygen atoms in total. The lowest BCUT2D eigenvalue weighted by atomic mass is 9.84. The maximum absolute atomic E-state index is 14.6. The molecule has 2 aliphatic heterocycles. The van der Waals surface area contributed by atoms with E-state index >= 15 is 0 Å². The first-order chi connectivity index (χ1) is 15.4. The Balaban J connectivity index is 1.33. The number of nitrogens with zero attached hydrogens (tertiary/aromatic N) is 7. The van der Waals surface area contributed by atoms with Gasteiger partial charge in [-0.2, -0.15) is 9.67 Å². The predicted molar refractivity (Wildman–Crippen MR) is 122 cm³/mol. The molecule has 2 atom stereocenters. The first-order valence-electron chi connectivity index (χ1n) is 10.8. The molecular formula is C21H26FN9S. The summed E-state index contributed by atoms with van der Waals surface area (Å²) in [6.07, 6.45) is 5.57. The van der Waals surface area contributed by atoms with E-state index in [0.717, 1.165) is 30.8 Å². The standard InChI is InChI=1S/C21H26FN9S/c1-21(2)11-14(10-15-7-4-8-30(15)21)24-18-17(22)12-23-19(26-18)25-13-5-3-6-16(9-13)31-20(32)27-28-29-31/h3,5-6,9,12,14-15H,4,7-8,10-11H2,1-2H3,(H,27,29,32)(H2,23,24,25,26)/t14-,15-/m1/s1. The first kappa shape index (κ1) is 21.1. The van der Waals surface area contributed by atoms with Crippen molar-refractivity contribution in [2.24, 2.45) is 0 Å². The zero-order valence-electron chi connectivity index (χ0n) is 18.0. The maximum atomic E-state index is 14.6. The Kier molecular flexibility index (Phi) is 5.46. The molecule has 0 unspecified atom stereocenters. The topological polar surface area (TPSA) is 96.7 Å². The highest BCUT2D eigenvalue weighted by Gasteiger charge is 2.43. The van der Waals surface area contributed by atoms with Crippen LogP contribution in [0.15, 0.2) is 35.6 Å². The van der Waals surface area contributed by atoms with Crippen LogP contribution in [0.4, 0.5) is 21.8 Å². The molecule has 0 saturated carbocycles. The predicted octanol–water partition coefficient (Wildman–Crippen LogP) is 3.44. The van der Waals surface area contributed by atoms with Crippen LogP contribution in [0.1, 0.15) is 39.5 Å². The summed E-state index contributed by atoms with van der Waals surface area (Å²) in [4.78, 5) is 11.1. The van der Waals surface area contributed by atoms with Crippen LogP contribution in [-0.2, 0) is 0 Å². The summed E-state index contributed by atoms with van der Waals surface area (Å²) in [7, 11) is 0. The highest BCUT2D eigenvalue weighted by atomic mass is 32.1. The number of fused-ring (bicyclic) bond motifs is 1. The van der Waals surface area contributed by atoms with Crippen LogP contribution in [0.3, 0.4) is 0 Å². The third-order valence-electron chi connectivity index (χ3n) is 6.34. The molecule has 1 aromatic carbocycles. The van der Waals surface area contributed by atoms with Crippen LogP contribution >= 0.6 is 12.6 Å². The van der Waals surface area contributed by atoms with Gasteiger partial charge < -0.3 is 10.6 Å². The van der Waals surface area contributed by atoms with E-state index in [2.05, 4.69) is 67.5 Å². The fraction of sp³-hybridized carbons (Fsp3) is 0.476. The second-order valence-corrected chi connectivity index (χ2v) is 9.44. The fourth-order valence-electron chi connectivity index (χ4n) is 5.04. The Labute approximate surface area is 191 Å². The number of aromatic nitrogens is 6. The van der Waals surface area contributed by atoms with Crippen LogP contribution < -0.4 is 10.6 Å². The van der Waals surface area contributed by atoms with Gasteiger partial charge in [-0.15, -0.1) is 17.7 Å². The van der Waals surface area contributed by atoms with Gasteiger partial charge in [0.15, 0.2) is 11.6 Å². The van der Waals surface area contributed by atoms with Crippen LogP contribution in [0.25, 0.3) is 5.69 Å². The maximum Gasteiger partial charge on any atom is 0.229 e. The van der Waals surface area contributed by atoms with Gasteiger partial charge in [0.05, 0.1) is 11.9 Å². The second kappa shape index (κ2) is 8.28. The first-order valence-corrected chi connectivity index (χ1v) is 11.2. The van der Waals surface area contributed by atoms with Crippen molar-refractivity contribution >= 4 is 30.1 Å². The molecule has 11 heteroatoms. The number of tetrazole rings is 1. The van der Waals surface area contributed by atoms with E-state index in [1.165, 1.54) is 23.7 Å². The molecule has 3 aromatic rings. The van der Waals surface area contributed by atoms with Crippen molar-refractivity contribution < 1.29 is 4.39 Å². The normalized spacial score (nSPS) is 22.5. The van der Waals surface area contributed by atoms with Crippen molar-refractivity contribution in [1.29, 1.82) is 0 Å². The zero-order valence-corrected chi connectivity index (χ0v) is 18.9. The van der Waals surface area contributed by atoms with E-state index in [1.54, 1.807) is 0 Å². The summed E-state index contributed by atoms with van der Waals surface area (Å²) in [5.41, 5.74) is 1.55. The molecule has 0 aliphatic carbocycles. The molecule has 2 fully saturated rings. The molecule has 0 spiro atoms. The van der Waals surface area contributed by atoms with E-state index in [0.29, 0.717) is 17.1 Å². The Hall–Kier alpha value is -2.79. The van der Waals surface area contributed by atoms with Crippen LogP contribution in [0.2, 0.25) is 0 Å². The molecule has 168 valence electrons. The smallest absolute Gasteiger partial charge is 0.229 e. The van der Waals surface area contributed by atoms with Gasteiger partial charge in [0.25, 0.3) is 0 Å². The monoisotopic (exact) mass is 455 g/mol. The Morgan fingerprint density at radius 2 is 2.16 bits per heavy atom. The molecule has 2 aliphatic rings. The van der Waals surface area contributed by atoms with Gasteiger partial charge in [-0.05, 0) is 74.7 Å². The van der Waals surface area contributed by atoms with Gasteiger partial charge >= 0.3 is 0 Å². The summed E-state index contributed by atoms with van der Waals surface area (Å²) in [6.45, 7) is 5.70. The van der Waals surface area contributed by atoms with Crippen molar-refractivity contribution in [2.75, 3.05) is 17.2 Å². The molecule has 0 radical (unpaired) electrons. The highest BCUT2D eigenvalue weighted by Crippen LogP contribution is 2.38. The number of rotatable bonds is 5. The van der Waals surface area contributed by atoms with Crippen molar-refractivity contribution in [3.05, 3.63) is 36.3 Å². The largest absolute Gasteiger partial charge is 0.365 e. The second-order valence-electron chi connectivity index (χ2n) is 9.04. The number of benzene rings is 1. The number of hydrogen-bond donors (Lipinski definition) is 3. The lowest BCUT2D eigenvalue weighted by Crippen LogP contribution is -2.55. The molecular weight excluding hydrogens is 429 g/mol. The van der Waals surface area contributed by atoms with E-state index in [-0.39, 0.29) is 17.4 Å². The average molecular weight is 456 g/mol. The molecule has 4 heterocycles. The number of nitrogens with one attached hydrogen (secondary N) is 2. The molecule has 0 bridgehead atoms. The van der Waals surface area contributed by atoms with Gasteiger partial charge in [0.1, 0.15) is 0 Å². The van der Waals surface area contributed by atoms with E-state index in [1.807, 2.05) is 24.3 Å². The molecule has 2 aromatic heterocycles. The third-order valence-corrected chi connectivity index (χ3v) is 6.62. The van der Waals surface area contributed by atoms with Crippen LogP contribution in [0, 0.1) is 5.82 Å². The molecule has 2 saturated heterocycles. The minimum absolute atomic E-state index is 0.0875. The van der Waals surface area contributed by atoms with E-state index in [4.69, 9.17) is 0 Å². The van der Waals surface area contributed by atoms with Gasteiger partial charge in [0, 0.05) is 23.3 Å². The lowest BCUT2D eigenvalue weighted by Gasteiger charge is -2.47. The van der Waals surface area contributed by atoms with Gasteiger partial charge in [-0.25, -0.2) is 9.37 Å². The average Bonchev–Trinajstić information content (AvgIpc) is 3.40. The van der Waals surface area contributed by atoms with Gasteiger partial charge in [-0.3, -0.25) is 4.90 Å². The van der Waals surface area contributed by atoms with Crippen molar-refractivity contribution in [1.82, 2.24) is 35.1 Å². The third kappa shape index (κ3) is 4.14. The number of anilines is 3. The van der Waals surface area contributed by atoms with Crippen LogP contribution in [0.5, 0.6) is 0 Å². The zero-order chi connectivity index (χ0) is 22.3. The molecule has 0 amide bonds. The molecule has 5 rings (SSSR count). The molecule has 2 N–H and O–H groups in total. The Morgan fingerprint density at radius 3 is 2.97 bits per heavy atom. The summed E-state index contributed by atoms with van der Waals surface area (Å²) in [5.74, 6) is 0.0832. The number of halogens is 1. The SMILES string of the molecule is CC1(C)C[C@H](Nc2nc(Nc3cccc(-n4nnnc4S)c3)ncc2F)C[C@H]2CCCN21. The minimum Gasteiger partial charge on any atom is -0.365 e. The summed E-state index contributed by atoms with van der Waals surface area (Å²) in [6, 6.07) is 8.13. The Bertz CT molecular complexity index is 1120. The summed E-state index contributed by atoms with van der Waals surface area (Å²) < 4.78 is 16.1.